The Bertz CT molecular complexity index is 474. The van der Waals surface area contributed by atoms with Crippen molar-refractivity contribution < 1.29 is 9.26 Å². The minimum atomic E-state index is 0.274. The van der Waals surface area contributed by atoms with E-state index < -0.39 is 0 Å². The molecular weight excluding hydrogens is 286 g/mol. The second-order valence-corrected chi connectivity index (χ2v) is 4.26. The molecule has 0 aliphatic heterocycles. The van der Waals surface area contributed by atoms with Gasteiger partial charge in [0, 0.05) is 0 Å². The zero-order chi connectivity index (χ0) is 12.1. The summed E-state index contributed by atoms with van der Waals surface area (Å²) in [6.07, 6.45) is 2.04. The lowest BCUT2D eigenvalue weighted by atomic mass is 10.1. The van der Waals surface area contributed by atoms with Crippen LogP contribution in [0.4, 0.5) is 0 Å². The molecule has 0 aliphatic carbocycles. The van der Waals surface area contributed by atoms with Gasteiger partial charge in [-0.05, 0) is 40.5 Å². The Morgan fingerprint density at radius 1 is 1.41 bits per heavy atom. The fourth-order valence-corrected chi connectivity index (χ4v) is 1.98. The van der Waals surface area contributed by atoms with Crippen LogP contribution in [0.15, 0.2) is 33.6 Å². The zero-order valence-electron chi connectivity index (χ0n) is 9.10. The van der Waals surface area contributed by atoms with Crippen LogP contribution in [-0.2, 0) is 13.0 Å². The van der Waals surface area contributed by atoms with Crippen molar-refractivity contribution in [2.45, 2.75) is 13.0 Å². The van der Waals surface area contributed by atoms with Crippen LogP contribution in [-0.4, -0.2) is 16.7 Å². The molecule has 1 heterocycles. The Hall–Kier alpha value is -1.40. The molecule has 0 fully saturated rings. The van der Waals surface area contributed by atoms with E-state index in [1.807, 2.05) is 18.2 Å². The summed E-state index contributed by atoms with van der Waals surface area (Å²) >= 11 is 3.45. The number of halogens is 1. The monoisotopic (exact) mass is 297 g/mol. The van der Waals surface area contributed by atoms with Crippen LogP contribution in [0.5, 0.6) is 5.75 Å². The van der Waals surface area contributed by atoms with Crippen molar-refractivity contribution in [1.29, 1.82) is 0 Å². The maximum atomic E-state index is 5.68. The summed E-state index contributed by atoms with van der Waals surface area (Å²) in [6.45, 7) is 0.853. The van der Waals surface area contributed by atoms with Crippen molar-refractivity contribution in [1.82, 2.24) is 10.1 Å². The fourth-order valence-electron chi connectivity index (χ4n) is 1.46. The molecule has 2 rings (SSSR count). The Morgan fingerprint density at radius 2 is 2.29 bits per heavy atom. The van der Waals surface area contributed by atoms with E-state index in [9.17, 15) is 0 Å². The highest BCUT2D eigenvalue weighted by Crippen LogP contribution is 2.29. The lowest BCUT2D eigenvalue weighted by molar-refractivity contribution is 0.282. The topological polar surface area (TPSA) is 74.2 Å². The molecule has 0 amide bonds. The summed E-state index contributed by atoms with van der Waals surface area (Å²) in [6, 6.07) is 5.87. The third-order valence-electron chi connectivity index (χ3n) is 2.21. The van der Waals surface area contributed by atoms with Gasteiger partial charge in [-0.25, -0.2) is 0 Å². The van der Waals surface area contributed by atoms with Gasteiger partial charge in [-0.15, -0.1) is 0 Å². The minimum absolute atomic E-state index is 0.274. The maximum Gasteiger partial charge on any atom is 0.213 e. The first-order valence-corrected chi connectivity index (χ1v) is 5.96. The second kappa shape index (κ2) is 5.79. The average Bonchev–Trinajstić information content (AvgIpc) is 2.82. The molecule has 2 aromatic rings. The van der Waals surface area contributed by atoms with Gasteiger partial charge in [0.1, 0.15) is 5.75 Å². The highest BCUT2D eigenvalue weighted by atomic mass is 79.9. The predicted molar refractivity (Wildman–Crippen MR) is 65.5 cm³/mol. The summed E-state index contributed by atoms with van der Waals surface area (Å²) in [4.78, 5) is 3.89. The molecule has 0 saturated heterocycles. The Morgan fingerprint density at radius 3 is 3.00 bits per heavy atom. The van der Waals surface area contributed by atoms with E-state index in [1.54, 1.807) is 0 Å². The Labute approximate surface area is 107 Å². The molecular formula is C11H12BrN3O2. The Kier molecular flexibility index (Phi) is 4.11. The first-order chi connectivity index (χ1) is 8.31. The molecule has 1 aromatic carbocycles. The largest absolute Gasteiger partial charge is 0.484 e. The molecule has 0 aliphatic rings. The van der Waals surface area contributed by atoms with Gasteiger partial charge in [0.05, 0.1) is 4.47 Å². The third-order valence-corrected chi connectivity index (χ3v) is 2.84. The van der Waals surface area contributed by atoms with Gasteiger partial charge in [0.15, 0.2) is 6.61 Å². The summed E-state index contributed by atoms with van der Waals surface area (Å²) < 4.78 is 11.2. The van der Waals surface area contributed by atoms with Gasteiger partial charge in [-0.3, -0.25) is 0 Å². The molecule has 2 N–H and O–H groups in total. The standard InChI is InChI=1S/C11H12BrN3O2/c12-9-3-1-2-8(4-5-13)11(9)16-6-10-14-7-17-15-10/h1-3,7H,4-6,13H2. The molecule has 0 radical (unpaired) electrons. The normalized spacial score (nSPS) is 10.5. The SMILES string of the molecule is NCCc1cccc(Br)c1OCc1ncon1. The van der Waals surface area contributed by atoms with Crippen LogP contribution in [0.3, 0.4) is 0 Å². The van der Waals surface area contributed by atoms with Crippen molar-refractivity contribution in [3.63, 3.8) is 0 Å². The lowest BCUT2D eigenvalue weighted by Crippen LogP contribution is -2.06. The molecule has 0 saturated carbocycles. The fraction of sp³-hybridized carbons (Fsp3) is 0.273. The molecule has 0 atom stereocenters. The van der Waals surface area contributed by atoms with Gasteiger partial charge in [0.25, 0.3) is 0 Å². The number of nitrogens with zero attached hydrogens (tertiary/aromatic N) is 2. The van der Waals surface area contributed by atoms with Crippen molar-refractivity contribution in [3.8, 4) is 5.75 Å². The van der Waals surface area contributed by atoms with E-state index in [4.69, 9.17) is 10.5 Å². The number of hydrogen-bond donors (Lipinski definition) is 1. The maximum absolute atomic E-state index is 5.68. The number of aromatic nitrogens is 2. The third kappa shape index (κ3) is 3.04. The van der Waals surface area contributed by atoms with Crippen molar-refractivity contribution in [2.24, 2.45) is 5.73 Å². The lowest BCUT2D eigenvalue weighted by Gasteiger charge is -2.11. The summed E-state index contributed by atoms with van der Waals surface area (Å²) in [5, 5.41) is 3.69. The molecule has 0 unspecified atom stereocenters. The summed E-state index contributed by atoms with van der Waals surface area (Å²) in [5.41, 5.74) is 6.62. The van der Waals surface area contributed by atoms with E-state index >= 15 is 0 Å². The first kappa shape index (κ1) is 12.1. The van der Waals surface area contributed by atoms with Crippen LogP contribution in [0, 0.1) is 0 Å². The highest BCUT2D eigenvalue weighted by molar-refractivity contribution is 9.10. The van der Waals surface area contributed by atoms with Crippen LogP contribution in [0.2, 0.25) is 0 Å². The first-order valence-electron chi connectivity index (χ1n) is 5.16. The van der Waals surface area contributed by atoms with E-state index in [0.717, 1.165) is 22.2 Å². The van der Waals surface area contributed by atoms with Gasteiger partial charge >= 0.3 is 0 Å². The molecule has 1 aromatic heterocycles. The number of benzene rings is 1. The molecule has 5 nitrogen and oxygen atoms in total. The summed E-state index contributed by atoms with van der Waals surface area (Å²) in [5.74, 6) is 1.29. The number of hydrogen-bond acceptors (Lipinski definition) is 5. The van der Waals surface area contributed by atoms with Crippen LogP contribution < -0.4 is 10.5 Å². The van der Waals surface area contributed by atoms with E-state index in [1.165, 1.54) is 6.39 Å². The van der Waals surface area contributed by atoms with Crippen molar-refractivity contribution in [2.75, 3.05) is 6.54 Å². The molecule has 0 spiro atoms. The minimum Gasteiger partial charge on any atom is -0.484 e. The number of ether oxygens (including phenoxy) is 1. The van der Waals surface area contributed by atoms with E-state index in [0.29, 0.717) is 12.4 Å². The highest BCUT2D eigenvalue weighted by Gasteiger charge is 2.09. The number of nitrogens with two attached hydrogens (primary N) is 1. The van der Waals surface area contributed by atoms with Crippen LogP contribution in [0.25, 0.3) is 0 Å². The van der Waals surface area contributed by atoms with Gasteiger partial charge in [-0.1, -0.05) is 17.3 Å². The van der Waals surface area contributed by atoms with Gasteiger partial charge in [-0.2, -0.15) is 4.98 Å². The molecule has 6 heteroatoms. The number of rotatable bonds is 5. The van der Waals surface area contributed by atoms with Crippen molar-refractivity contribution in [3.05, 3.63) is 40.5 Å². The number of para-hydroxylation sites is 1. The smallest absolute Gasteiger partial charge is 0.213 e. The van der Waals surface area contributed by atoms with Crippen molar-refractivity contribution >= 4 is 15.9 Å². The van der Waals surface area contributed by atoms with Gasteiger partial charge in [0.2, 0.25) is 12.2 Å². The van der Waals surface area contributed by atoms with Crippen LogP contribution >= 0.6 is 15.9 Å². The van der Waals surface area contributed by atoms with Crippen LogP contribution in [0.1, 0.15) is 11.4 Å². The van der Waals surface area contributed by atoms with E-state index in [2.05, 4.69) is 30.6 Å². The quantitative estimate of drug-likeness (QED) is 0.912. The second-order valence-electron chi connectivity index (χ2n) is 3.40. The Balaban J connectivity index is 2.13. The average molecular weight is 298 g/mol. The van der Waals surface area contributed by atoms with E-state index in [-0.39, 0.29) is 6.61 Å². The molecule has 17 heavy (non-hydrogen) atoms. The van der Waals surface area contributed by atoms with Gasteiger partial charge < -0.3 is 15.0 Å². The predicted octanol–water partition coefficient (Wildman–Crippen LogP) is 1.91. The zero-order valence-corrected chi connectivity index (χ0v) is 10.7. The molecule has 90 valence electrons. The summed E-state index contributed by atoms with van der Waals surface area (Å²) in [7, 11) is 0. The molecule has 0 bridgehead atoms.